The zero-order valence-corrected chi connectivity index (χ0v) is 15.9. The van der Waals surface area contributed by atoms with Gasteiger partial charge < -0.3 is 9.47 Å². The second kappa shape index (κ2) is 9.03. The molecule has 0 spiro atoms. The average molecular weight is 393 g/mol. The Labute approximate surface area is 168 Å². The van der Waals surface area contributed by atoms with Gasteiger partial charge in [-0.2, -0.15) is 5.26 Å². The minimum absolute atomic E-state index is 0.0851. The Balaban J connectivity index is 2.11. The van der Waals surface area contributed by atoms with Gasteiger partial charge in [-0.3, -0.25) is 0 Å². The molecule has 0 aliphatic rings. The molecule has 0 fully saturated rings. The van der Waals surface area contributed by atoms with E-state index in [1.807, 2.05) is 48.5 Å². The van der Waals surface area contributed by atoms with Crippen LogP contribution in [0, 0.1) is 11.3 Å². The number of ether oxygens (including phenoxy) is 2. The highest BCUT2D eigenvalue weighted by molar-refractivity contribution is 6.30. The van der Waals surface area contributed by atoms with Crippen LogP contribution in [0.5, 0.6) is 5.88 Å². The number of esters is 1. The van der Waals surface area contributed by atoms with Gasteiger partial charge in [0.1, 0.15) is 11.6 Å². The summed E-state index contributed by atoms with van der Waals surface area (Å²) in [6.45, 7) is 1.64. The normalized spacial score (nSPS) is 10.2. The van der Waals surface area contributed by atoms with E-state index in [0.29, 0.717) is 16.3 Å². The number of nitrogens with zero attached hydrogens (tertiary/aromatic N) is 2. The van der Waals surface area contributed by atoms with Crippen molar-refractivity contribution in [2.75, 3.05) is 13.2 Å². The molecule has 0 aliphatic carbocycles. The first-order chi connectivity index (χ1) is 13.6. The molecule has 2 aromatic carbocycles. The zero-order chi connectivity index (χ0) is 19.9. The number of nitriles is 1. The first-order valence-corrected chi connectivity index (χ1v) is 9.05. The van der Waals surface area contributed by atoms with Crippen LogP contribution in [0.3, 0.4) is 0 Å². The molecular formula is C22H17ClN2O3. The maximum Gasteiger partial charge on any atom is 0.344 e. The van der Waals surface area contributed by atoms with Crippen molar-refractivity contribution in [3.8, 4) is 34.3 Å². The quantitative estimate of drug-likeness (QED) is 0.559. The molecule has 0 unspecified atom stereocenters. The summed E-state index contributed by atoms with van der Waals surface area (Å²) in [5.41, 5.74) is 3.19. The lowest BCUT2D eigenvalue weighted by molar-refractivity contribution is -0.145. The predicted octanol–water partition coefficient (Wildman–Crippen LogP) is 4.88. The predicted molar refractivity (Wildman–Crippen MR) is 107 cm³/mol. The summed E-state index contributed by atoms with van der Waals surface area (Å²) in [6.07, 6.45) is 0. The number of carbonyl (C=O) groups is 1. The van der Waals surface area contributed by atoms with Crippen LogP contribution in [0.1, 0.15) is 12.5 Å². The summed E-state index contributed by atoms with van der Waals surface area (Å²) in [5.74, 6) is -0.437. The molecule has 3 rings (SSSR count). The molecule has 0 amide bonds. The highest BCUT2D eigenvalue weighted by Crippen LogP contribution is 2.33. The van der Waals surface area contributed by atoms with E-state index in [2.05, 4.69) is 11.1 Å². The van der Waals surface area contributed by atoms with Gasteiger partial charge in [0.05, 0.1) is 12.3 Å². The van der Waals surface area contributed by atoms with E-state index in [4.69, 9.17) is 21.1 Å². The largest absolute Gasteiger partial charge is 0.465 e. The molecule has 0 bridgehead atoms. The molecule has 28 heavy (non-hydrogen) atoms. The molecule has 1 heterocycles. The van der Waals surface area contributed by atoms with Crippen LogP contribution in [0.25, 0.3) is 22.4 Å². The van der Waals surface area contributed by atoms with Gasteiger partial charge in [0.2, 0.25) is 5.88 Å². The van der Waals surface area contributed by atoms with Crippen molar-refractivity contribution < 1.29 is 14.3 Å². The summed E-state index contributed by atoms with van der Waals surface area (Å²) >= 11 is 5.98. The van der Waals surface area contributed by atoms with Gasteiger partial charge in [0.15, 0.2) is 6.61 Å². The Hall–Kier alpha value is -3.36. The van der Waals surface area contributed by atoms with E-state index in [0.717, 1.165) is 11.1 Å². The van der Waals surface area contributed by atoms with Crippen LogP contribution >= 0.6 is 11.6 Å². The Morgan fingerprint density at radius 1 is 1.11 bits per heavy atom. The molecule has 0 saturated heterocycles. The van der Waals surface area contributed by atoms with Gasteiger partial charge in [-0.05, 0) is 30.7 Å². The minimum atomic E-state index is -0.522. The maximum absolute atomic E-state index is 11.7. The number of aromatic nitrogens is 1. The van der Waals surface area contributed by atoms with Gasteiger partial charge in [-0.25, -0.2) is 9.78 Å². The second-order valence-electron chi connectivity index (χ2n) is 5.81. The van der Waals surface area contributed by atoms with Crippen molar-refractivity contribution in [1.82, 2.24) is 4.98 Å². The van der Waals surface area contributed by atoms with E-state index in [1.54, 1.807) is 19.1 Å². The molecule has 0 atom stereocenters. The molecular weight excluding hydrogens is 376 g/mol. The molecule has 0 radical (unpaired) electrons. The van der Waals surface area contributed by atoms with Crippen molar-refractivity contribution in [2.24, 2.45) is 0 Å². The van der Waals surface area contributed by atoms with Crippen molar-refractivity contribution in [3.63, 3.8) is 0 Å². The Morgan fingerprint density at radius 2 is 1.82 bits per heavy atom. The molecule has 3 aromatic rings. The van der Waals surface area contributed by atoms with Gasteiger partial charge >= 0.3 is 5.97 Å². The smallest absolute Gasteiger partial charge is 0.344 e. The third-order valence-electron chi connectivity index (χ3n) is 3.95. The van der Waals surface area contributed by atoms with E-state index < -0.39 is 5.97 Å². The fraction of sp³-hybridized carbons (Fsp3) is 0.136. The first-order valence-electron chi connectivity index (χ1n) is 8.67. The summed E-state index contributed by atoms with van der Waals surface area (Å²) < 4.78 is 10.4. The molecule has 6 heteroatoms. The number of rotatable bonds is 6. The molecule has 5 nitrogen and oxygen atoms in total. The Bertz CT molecular complexity index is 1010. The zero-order valence-electron chi connectivity index (χ0n) is 15.2. The van der Waals surface area contributed by atoms with Crippen LogP contribution in [-0.2, 0) is 9.53 Å². The highest BCUT2D eigenvalue weighted by Gasteiger charge is 2.17. The molecule has 0 aliphatic heterocycles. The minimum Gasteiger partial charge on any atom is -0.465 e. The third-order valence-corrected chi connectivity index (χ3v) is 4.21. The molecule has 1 aromatic heterocycles. The molecule has 0 saturated carbocycles. The topological polar surface area (TPSA) is 72.2 Å². The average Bonchev–Trinajstić information content (AvgIpc) is 2.73. The van der Waals surface area contributed by atoms with Gasteiger partial charge in [-0.1, -0.05) is 54.1 Å². The fourth-order valence-electron chi connectivity index (χ4n) is 2.68. The van der Waals surface area contributed by atoms with Crippen molar-refractivity contribution in [3.05, 3.63) is 71.2 Å². The van der Waals surface area contributed by atoms with Gasteiger partial charge in [-0.15, -0.1) is 0 Å². The SMILES string of the molecule is CCOC(=O)COc1nc(-c2ccc(Cl)cc2)cc(-c2ccccc2)c1C#N. The van der Waals surface area contributed by atoms with E-state index in [-0.39, 0.29) is 24.7 Å². The van der Waals surface area contributed by atoms with Gasteiger partial charge in [0.25, 0.3) is 0 Å². The van der Waals surface area contributed by atoms with E-state index >= 15 is 0 Å². The number of pyridine rings is 1. The molecule has 140 valence electrons. The van der Waals surface area contributed by atoms with Crippen LogP contribution in [0.2, 0.25) is 5.02 Å². The lowest BCUT2D eigenvalue weighted by Gasteiger charge is -2.13. The summed E-state index contributed by atoms with van der Waals surface area (Å²) in [7, 11) is 0. The number of halogens is 1. The van der Waals surface area contributed by atoms with Gasteiger partial charge in [0, 0.05) is 16.1 Å². The van der Waals surface area contributed by atoms with E-state index in [9.17, 15) is 10.1 Å². The Morgan fingerprint density at radius 3 is 2.46 bits per heavy atom. The van der Waals surface area contributed by atoms with Crippen molar-refractivity contribution >= 4 is 17.6 Å². The van der Waals surface area contributed by atoms with Crippen LogP contribution in [0.15, 0.2) is 60.7 Å². The monoisotopic (exact) mass is 392 g/mol. The summed E-state index contributed by atoms with van der Waals surface area (Å²) in [6, 6.07) is 20.6. The highest BCUT2D eigenvalue weighted by atomic mass is 35.5. The number of benzene rings is 2. The summed E-state index contributed by atoms with van der Waals surface area (Å²) in [4.78, 5) is 16.2. The van der Waals surface area contributed by atoms with Crippen molar-refractivity contribution in [1.29, 1.82) is 5.26 Å². The van der Waals surface area contributed by atoms with Crippen LogP contribution in [-0.4, -0.2) is 24.2 Å². The molecule has 0 N–H and O–H groups in total. The fourth-order valence-corrected chi connectivity index (χ4v) is 2.80. The van der Waals surface area contributed by atoms with Crippen LogP contribution in [0.4, 0.5) is 0 Å². The number of carbonyl (C=O) groups excluding carboxylic acids is 1. The lowest BCUT2D eigenvalue weighted by Crippen LogP contribution is -2.16. The number of hydrogen-bond donors (Lipinski definition) is 0. The van der Waals surface area contributed by atoms with Crippen molar-refractivity contribution in [2.45, 2.75) is 6.92 Å². The number of hydrogen-bond acceptors (Lipinski definition) is 5. The summed E-state index contributed by atoms with van der Waals surface area (Å²) in [5, 5.41) is 10.3. The lowest BCUT2D eigenvalue weighted by atomic mass is 9.99. The maximum atomic E-state index is 11.7. The standard InChI is InChI=1S/C22H17ClN2O3/c1-2-27-21(26)14-28-22-19(13-24)18(15-6-4-3-5-7-15)12-20(25-22)16-8-10-17(23)11-9-16/h3-12H,2,14H2,1H3. The second-order valence-corrected chi connectivity index (χ2v) is 6.25. The first kappa shape index (κ1) is 19.4. The van der Waals surface area contributed by atoms with Crippen LogP contribution < -0.4 is 4.74 Å². The third kappa shape index (κ3) is 4.48. The Kier molecular flexibility index (Phi) is 6.25. The van der Waals surface area contributed by atoms with E-state index in [1.165, 1.54) is 0 Å².